The lowest BCUT2D eigenvalue weighted by atomic mass is 9.93. The number of rotatable bonds is 23. The molecule has 3 aliphatic rings. The van der Waals surface area contributed by atoms with Crippen molar-refractivity contribution in [3.63, 3.8) is 0 Å². The Kier molecular flexibility index (Phi) is 21.4. The quantitative estimate of drug-likeness (QED) is 0.0530. The van der Waals surface area contributed by atoms with Crippen LogP contribution in [0.3, 0.4) is 0 Å². The highest BCUT2D eigenvalue weighted by atomic mass is 28.4. The van der Waals surface area contributed by atoms with E-state index in [0.717, 1.165) is 150 Å². The first kappa shape index (κ1) is 72.6. The predicted molar refractivity (Wildman–Crippen MR) is 411 cm³/mol. The molecule has 0 radical (unpaired) electrons. The van der Waals surface area contributed by atoms with Crippen molar-refractivity contribution in [2.75, 3.05) is 6.61 Å². The molecule has 1 saturated heterocycles. The SMILES string of the molecule is CCCCC1=C(C)c2nc1cc1[nH]c(c(C)c1CCCC)c(-c1ccccc1)c1nc(cc3[nH]c(c(C)c3CCCC)c2-c2ccc(-c3nc4c(=O)[nH]cnc4n3C3OC(CO[Si](C)(C)C(C)(C)C)C(O[Si](C)(C)C(C)(C)C)C3O[Si](C)(C)C(C)(C)C)cc2)C(CCCC)=C1C. The van der Waals surface area contributed by atoms with Gasteiger partial charge >= 0.3 is 0 Å². The molecule has 1 fully saturated rings. The van der Waals surface area contributed by atoms with Gasteiger partial charge in [-0.3, -0.25) is 9.36 Å². The van der Waals surface area contributed by atoms with Gasteiger partial charge in [-0.15, -0.1) is 0 Å². The maximum atomic E-state index is 14.2. The minimum atomic E-state index is -2.59. The van der Waals surface area contributed by atoms with Crippen LogP contribution in [0.5, 0.6) is 0 Å². The third-order valence-corrected chi connectivity index (χ3v) is 36.0. The Hall–Kier alpha value is -6.12. The first-order valence-electron chi connectivity index (χ1n) is 36.2. The lowest BCUT2D eigenvalue weighted by Gasteiger charge is -2.44. The van der Waals surface area contributed by atoms with E-state index >= 15 is 0 Å². The summed E-state index contributed by atoms with van der Waals surface area (Å²) in [7, 11) is -7.40. The molecule has 5 aromatic heterocycles. The fourth-order valence-electron chi connectivity index (χ4n) is 13.4. The fraction of sp³-hybridized carbons (Fsp3) is 0.537. The van der Waals surface area contributed by atoms with Crippen molar-refractivity contribution >= 4 is 80.5 Å². The number of aromatic amines is 3. The van der Waals surface area contributed by atoms with Crippen LogP contribution in [-0.4, -0.2) is 89.3 Å². The van der Waals surface area contributed by atoms with E-state index in [4.69, 9.17) is 38.0 Å². The van der Waals surface area contributed by atoms with Crippen molar-refractivity contribution in [3.8, 4) is 33.6 Å². The summed E-state index contributed by atoms with van der Waals surface area (Å²) in [5, 5.41) is -0.323. The van der Waals surface area contributed by atoms with E-state index in [0.29, 0.717) is 18.1 Å². The fourth-order valence-corrected chi connectivity index (χ4v) is 17.0. The van der Waals surface area contributed by atoms with Crippen LogP contribution in [0.4, 0.5) is 0 Å². The lowest BCUT2D eigenvalue weighted by molar-refractivity contribution is -0.0462. The Morgan fingerprint density at radius 1 is 0.552 bits per heavy atom. The molecule has 4 atom stereocenters. The number of aryl methyl sites for hydroxylation is 4. The summed E-state index contributed by atoms with van der Waals surface area (Å²) >= 11 is 0. The second kappa shape index (κ2) is 28.2. The average molecular weight is 1350 g/mol. The first-order chi connectivity index (χ1) is 45.2. The van der Waals surface area contributed by atoms with Crippen molar-refractivity contribution in [1.29, 1.82) is 0 Å². The highest BCUT2D eigenvalue weighted by molar-refractivity contribution is 6.75. The molecule has 8 heterocycles. The zero-order valence-electron chi connectivity index (χ0n) is 62.7. The molecule has 516 valence electrons. The predicted octanol–water partition coefficient (Wildman–Crippen LogP) is 22.0. The third kappa shape index (κ3) is 14.1. The Morgan fingerprint density at radius 3 is 1.45 bits per heavy atom. The summed E-state index contributed by atoms with van der Waals surface area (Å²) in [5.74, 6) is 0.550. The normalized spacial score (nSPS) is 17.7. The minimum absolute atomic E-state index is 0.0427. The highest BCUT2D eigenvalue weighted by Gasteiger charge is 2.56. The molecule has 8 bridgehead atoms. The van der Waals surface area contributed by atoms with Gasteiger partial charge in [0.25, 0.3) is 5.56 Å². The number of allylic oxidation sites excluding steroid dienone is 4. The second-order valence-corrected chi connectivity index (χ2v) is 46.7. The number of aromatic nitrogens is 8. The van der Waals surface area contributed by atoms with Gasteiger partial charge in [0.15, 0.2) is 42.3 Å². The molecular weight excluding hydrogens is 1240 g/mol. The summed E-state index contributed by atoms with van der Waals surface area (Å²) in [5.41, 5.74) is 23.9. The van der Waals surface area contributed by atoms with E-state index in [1.807, 2.05) is 4.57 Å². The van der Waals surface area contributed by atoms with Crippen molar-refractivity contribution in [2.45, 2.75) is 274 Å². The van der Waals surface area contributed by atoms with E-state index in [-0.39, 0.29) is 26.2 Å². The number of unbranched alkanes of at least 4 members (excludes halogenated alkanes) is 4. The number of hydrogen-bond donors (Lipinski definition) is 3. The second-order valence-electron chi connectivity index (χ2n) is 32.4. The maximum Gasteiger partial charge on any atom is 0.278 e. The molecule has 3 N–H and O–H groups in total. The van der Waals surface area contributed by atoms with Crippen LogP contribution in [0.25, 0.3) is 89.2 Å². The third-order valence-electron chi connectivity index (χ3n) is 22.6. The molecule has 0 spiro atoms. The number of fused-ring (bicyclic) bond motifs is 9. The number of H-pyrrole nitrogens is 3. The van der Waals surface area contributed by atoms with Gasteiger partial charge in [-0.1, -0.05) is 170 Å². The summed E-state index contributed by atoms with van der Waals surface area (Å²) in [6, 6.07) is 24.4. The van der Waals surface area contributed by atoms with Gasteiger partial charge in [-0.2, -0.15) is 0 Å². The standard InChI is InChI=1S/C80H114N8O5Si3/c1-24-28-37-56-49(5)67-65(53-35-33-32-34-36-53)68-50(6)57(38-29-25-2)61(84-68)46-63-59(40-31-27-4)52(8)70(86-63)66(69-51(7)58(39-30-26-3)62(85-69)45-60(56)83-67)54-41-43-55(44-42-54)74-87-71-75(81-48-82-76(71)89)88(74)77-73(93-96(22,23)80(15,16)17)72(92-95(20,21)79(12,13)14)64(91-77)47-90-94(18,19)78(9,10)11/h32-36,41-46,48,64,72-73,77,83,86H,24-31,37-40,47H2,1-23H3,(H,81,82,89). The van der Waals surface area contributed by atoms with E-state index in [1.54, 1.807) is 0 Å². The molecule has 0 saturated carbocycles. The monoisotopic (exact) mass is 1350 g/mol. The Morgan fingerprint density at radius 2 is 0.990 bits per heavy atom. The summed E-state index contributed by atoms with van der Waals surface area (Å²) in [4.78, 5) is 47.4. The smallest absolute Gasteiger partial charge is 0.278 e. The lowest BCUT2D eigenvalue weighted by Crippen LogP contribution is -2.54. The number of hydrogen-bond acceptors (Lipinski definition) is 9. The topological polar surface area (TPSA) is 158 Å². The van der Waals surface area contributed by atoms with Crippen molar-refractivity contribution in [2.24, 2.45) is 0 Å². The Labute approximate surface area is 577 Å². The molecule has 96 heavy (non-hydrogen) atoms. The van der Waals surface area contributed by atoms with Gasteiger partial charge in [0.1, 0.15) is 24.1 Å². The van der Waals surface area contributed by atoms with Gasteiger partial charge in [0.05, 0.1) is 46.7 Å². The van der Waals surface area contributed by atoms with Gasteiger partial charge < -0.3 is 33.0 Å². The molecule has 13 nitrogen and oxygen atoms in total. The Balaban J connectivity index is 1.27. The van der Waals surface area contributed by atoms with E-state index in [2.05, 4.69) is 239 Å². The molecule has 4 unspecified atom stereocenters. The average Bonchev–Trinajstić information content (AvgIpc) is 1.58. The summed E-state index contributed by atoms with van der Waals surface area (Å²) < 4.78 is 32.1. The molecule has 10 rings (SSSR count). The molecule has 2 aromatic carbocycles. The summed E-state index contributed by atoms with van der Waals surface area (Å²) in [6.07, 6.45) is 11.2. The maximum absolute atomic E-state index is 14.2. The van der Waals surface area contributed by atoms with Gasteiger partial charge in [0, 0.05) is 27.7 Å². The molecule has 0 amide bonds. The zero-order valence-corrected chi connectivity index (χ0v) is 65.7. The van der Waals surface area contributed by atoms with Crippen molar-refractivity contribution in [1.82, 2.24) is 39.5 Å². The highest BCUT2D eigenvalue weighted by Crippen LogP contribution is 2.50. The van der Waals surface area contributed by atoms with Crippen molar-refractivity contribution in [3.05, 3.63) is 128 Å². The molecule has 0 aliphatic carbocycles. The van der Waals surface area contributed by atoms with Crippen LogP contribution >= 0.6 is 0 Å². The van der Waals surface area contributed by atoms with E-state index in [1.165, 1.54) is 50.9 Å². The number of nitrogens with one attached hydrogen (secondary N) is 3. The van der Waals surface area contributed by atoms with Crippen LogP contribution < -0.4 is 5.56 Å². The molecule has 7 aromatic rings. The number of ether oxygens (including phenoxy) is 1. The Bertz CT molecular complexity index is 4300. The van der Waals surface area contributed by atoms with Crippen LogP contribution in [0.15, 0.2) is 77.9 Å². The number of nitrogens with zero attached hydrogens (tertiary/aromatic N) is 5. The van der Waals surface area contributed by atoms with Gasteiger partial charge in [-0.25, -0.2) is 19.9 Å². The number of imidazole rings is 1. The largest absolute Gasteiger partial charge is 0.414 e. The molecule has 3 aliphatic heterocycles. The van der Waals surface area contributed by atoms with Crippen LogP contribution in [0.2, 0.25) is 54.4 Å². The van der Waals surface area contributed by atoms with E-state index < -0.39 is 49.5 Å². The van der Waals surface area contributed by atoms with Crippen molar-refractivity contribution < 1.29 is 18.0 Å². The van der Waals surface area contributed by atoms with E-state index in [9.17, 15) is 4.79 Å². The van der Waals surface area contributed by atoms with Gasteiger partial charge in [0.2, 0.25) is 0 Å². The number of benzene rings is 2. The van der Waals surface area contributed by atoms with Crippen LogP contribution in [-0.2, 0) is 30.9 Å². The minimum Gasteiger partial charge on any atom is -0.414 e. The zero-order chi connectivity index (χ0) is 69.8. The molecule has 16 heteroatoms. The van der Waals surface area contributed by atoms with Crippen LogP contribution in [0.1, 0.15) is 219 Å². The van der Waals surface area contributed by atoms with Gasteiger partial charge in [-0.05, 0) is 201 Å². The first-order valence-corrected chi connectivity index (χ1v) is 44.9. The summed E-state index contributed by atoms with van der Waals surface area (Å²) in [6.45, 7) is 52.9. The molecular formula is C80H114N8O5Si3. The van der Waals surface area contributed by atoms with Crippen LogP contribution in [0, 0.1) is 13.8 Å².